The fourth-order valence-electron chi connectivity index (χ4n) is 3.80. The third-order valence-electron chi connectivity index (χ3n) is 5.06. The summed E-state index contributed by atoms with van der Waals surface area (Å²) < 4.78 is 0. The van der Waals surface area contributed by atoms with Gasteiger partial charge in [-0.1, -0.05) is 38.0 Å². The highest BCUT2D eigenvalue weighted by Crippen LogP contribution is 2.43. The summed E-state index contributed by atoms with van der Waals surface area (Å²) in [5, 5.41) is 1.32. The minimum absolute atomic E-state index is 0.603. The number of hydrogen-bond donors (Lipinski definition) is 1. The molecule has 1 saturated carbocycles. The molecule has 0 amide bonds. The summed E-state index contributed by atoms with van der Waals surface area (Å²) in [7, 11) is 0. The van der Waals surface area contributed by atoms with Crippen molar-refractivity contribution in [2.24, 2.45) is 17.6 Å². The van der Waals surface area contributed by atoms with Gasteiger partial charge in [-0.15, -0.1) is 0 Å². The molecule has 3 atom stereocenters. The minimum Gasteiger partial charge on any atom is -0.330 e. The normalized spacial score (nSPS) is 26.8. The molecule has 2 heteroatoms. The fraction of sp³-hybridized carbons (Fsp3) is 0.500. The van der Waals surface area contributed by atoms with Gasteiger partial charge >= 0.3 is 0 Å². The van der Waals surface area contributed by atoms with Crippen LogP contribution >= 0.6 is 0 Å². The number of fused-ring (bicyclic) bond motifs is 1. The molecule has 1 fully saturated rings. The molecular formula is C18H24N2. The van der Waals surface area contributed by atoms with E-state index in [1.807, 2.05) is 12.3 Å². The molecule has 0 saturated heterocycles. The zero-order valence-electron chi connectivity index (χ0n) is 12.3. The second kappa shape index (κ2) is 5.92. The second-order valence-electron chi connectivity index (χ2n) is 6.11. The van der Waals surface area contributed by atoms with Crippen molar-refractivity contribution >= 4 is 10.9 Å². The molecular weight excluding hydrogens is 244 g/mol. The maximum Gasteiger partial charge on any atom is 0.0704 e. The van der Waals surface area contributed by atoms with Gasteiger partial charge in [-0.2, -0.15) is 0 Å². The van der Waals surface area contributed by atoms with Crippen molar-refractivity contribution in [2.75, 3.05) is 6.54 Å². The van der Waals surface area contributed by atoms with Crippen LogP contribution in [0.4, 0.5) is 0 Å². The highest BCUT2D eigenvalue weighted by Gasteiger charge is 2.30. The Hall–Kier alpha value is -1.41. The third kappa shape index (κ3) is 2.45. The van der Waals surface area contributed by atoms with E-state index in [2.05, 4.69) is 36.2 Å². The SMILES string of the molecule is CCC1CCC(CN)C(c2cccc3ncccc23)C1. The van der Waals surface area contributed by atoms with Gasteiger partial charge in [0.15, 0.2) is 0 Å². The first-order valence-corrected chi connectivity index (χ1v) is 7.87. The van der Waals surface area contributed by atoms with Gasteiger partial charge in [0, 0.05) is 11.6 Å². The van der Waals surface area contributed by atoms with E-state index in [9.17, 15) is 0 Å². The van der Waals surface area contributed by atoms with Gasteiger partial charge in [0.25, 0.3) is 0 Å². The van der Waals surface area contributed by atoms with E-state index in [0.29, 0.717) is 11.8 Å². The van der Waals surface area contributed by atoms with E-state index in [-0.39, 0.29) is 0 Å². The molecule has 0 bridgehead atoms. The van der Waals surface area contributed by atoms with Crippen LogP contribution in [0.25, 0.3) is 10.9 Å². The van der Waals surface area contributed by atoms with Gasteiger partial charge in [0.05, 0.1) is 5.52 Å². The van der Waals surface area contributed by atoms with Crippen LogP contribution < -0.4 is 5.73 Å². The molecule has 2 N–H and O–H groups in total. The molecule has 2 nitrogen and oxygen atoms in total. The van der Waals surface area contributed by atoms with Crippen molar-refractivity contribution in [3.05, 3.63) is 42.1 Å². The van der Waals surface area contributed by atoms with Crippen molar-refractivity contribution < 1.29 is 0 Å². The molecule has 1 aliphatic rings. The number of hydrogen-bond acceptors (Lipinski definition) is 2. The Morgan fingerprint density at radius 1 is 1.20 bits per heavy atom. The Morgan fingerprint density at radius 2 is 2.10 bits per heavy atom. The summed E-state index contributed by atoms with van der Waals surface area (Å²) in [5.74, 6) is 2.09. The standard InChI is InChI=1S/C18H24N2/c1-2-13-8-9-14(12-19)17(11-13)15-5-3-7-18-16(15)6-4-10-20-18/h3-7,10,13-14,17H,2,8-9,11-12,19H2,1H3. The zero-order valence-corrected chi connectivity index (χ0v) is 12.3. The Balaban J connectivity index is 2.03. The van der Waals surface area contributed by atoms with Gasteiger partial charge < -0.3 is 5.73 Å². The molecule has 1 aromatic carbocycles. The van der Waals surface area contributed by atoms with Gasteiger partial charge in [0.1, 0.15) is 0 Å². The van der Waals surface area contributed by atoms with Crippen LogP contribution in [-0.4, -0.2) is 11.5 Å². The van der Waals surface area contributed by atoms with E-state index in [1.54, 1.807) is 0 Å². The molecule has 20 heavy (non-hydrogen) atoms. The number of aromatic nitrogens is 1. The lowest BCUT2D eigenvalue weighted by Crippen LogP contribution is -2.29. The topological polar surface area (TPSA) is 38.9 Å². The first-order valence-electron chi connectivity index (χ1n) is 7.87. The number of benzene rings is 1. The molecule has 3 rings (SSSR count). The lowest BCUT2D eigenvalue weighted by Gasteiger charge is -2.36. The Kier molecular flexibility index (Phi) is 4.02. The van der Waals surface area contributed by atoms with Gasteiger partial charge in [-0.05, 0) is 54.8 Å². The lowest BCUT2D eigenvalue weighted by molar-refractivity contribution is 0.237. The van der Waals surface area contributed by atoms with E-state index in [4.69, 9.17) is 5.73 Å². The summed E-state index contributed by atoms with van der Waals surface area (Å²) in [6, 6.07) is 10.8. The van der Waals surface area contributed by atoms with E-state index < -0.39 is 0 Å². The predicted octanol–water partition coefficient (Wildman–Crippen LogP) is 4.10. The van der Waals surface area contributed by atoms with Crippen LogP contribution in [-0.2, 0) is 0 Å². The van der Waals surface area contributed by atoms with Crippen molar-refractivity contribution in [3.8, 4) is 0 Å². The molecule has 0 spiro atoms. The van der Waals surface area contributed by atoms with E-state index >= 15 is 0 Å². The number of nitrogens with zero attached hydrogens (tertiary/aromatic N) is 1. The second-order valence-corrected chi connectivity index (χ2v) is 6.11. The fourth-order valence-corrected chi connectivity index (χ4v) is 3.80. The average molecular weight is 268 g/mol. The van der Waals surface area contributed by atoms with Gasteiger partial charge in [0.2, 0.25) is 0 Å². The predicted molar refractivity (Wildman–Crippen MR) is 84.7 cm³/mol. The van der Waals surface area contributed by atoms with E-state index in [0.717, 1.165) is 18.0 Å². The molecule has 1 aliphatic carbocycles. The Labute approximate surface area is 121 Å². The van der Waals surface area contributed by atoms with Crippen molar-refractivity contribution in [1.82, 2.24) is 4.98 Å². The van der Waals surface area contributed by atoms with Crippen LogP contribution in [0.1, 0.15) is 44.1 Å². The smallest absolute Gasteiger partial charge is 0.0704 e. The zero-order chi connectivity index (χ0) is 13.9. The van der Waals surface area contributed by atoms with E-state index in [1.165, 1.54) is 36.6 Å². The van der Waals surface area contributed by atoms with Crippen LogP contribution in [0.5, 0.6) is 0 Å². The van der Waals surface area contributed by atoms with Crippen LogP contribution in [0.15, 0.2) is 36.5 Å². The molecule has 106 valence electrons. The minimum atomic E-state index is 0.603. The lowest BCUT2D eigenvalue weighted by atomic mass is 9.70. The van der Waals surface area contributed by atoms with Crippen LogP contribution in [0, 0.1) is 11.8 Å². The Morgan fingerprint density at radius 3 is 2.90 bits per heavy atom. The first-order chi connectivity index (χ1) is 9.83. The number of nitrogens with two attached hydrogens (primary N) is 1. The summed E-state index contributed by atoms with van der Waals surface area (Å²) in [4.78, 5) is 4.50. The molecule has 3 unspecified atom stereocenters. The monoisotopic (exact) mass is 268 g/mol. The maximum atomic E-state index is 6.05. The highest BCUT2D eigenvalue weighted by atomic mass is 14.6. The molecule has 1 aromatic heterocycles. The van der Waals surface area contributed by atoms with Crippen LogP contribution in [0.2, 0.25) is 0 Å². The molecule has 1 heterocycles. The Bertz CT molecular complexity index is 573. The summed E-state index contributed by atoms with van der Waals surface area (Å²) >= 11 is 0. The quantitative estimate of drug-likeness (QED) is 0.910. The van der Waals surface area contributed by atoms with Gasteiger partial charge in [-0.25, -0.2) is 0 Å². The number of rotatable bonds is 3. The molecule has 0 aliphatic heterocycles. The maximum absolute atomic E-state index is 6.05. The summed E-state index contributed by atoms with van der Waals surface area (Å²) in [5.41, 5.74) is 8.62. The van der Waals surface area contributed by atoms with Crippen molar-refractivity contribution in [1.29, 1.82) is 0 Å². The summed E-state index contributed by atoms with van der Waals surface area (Å²) in [6.45, 7) is 3.12. The molecule has 0 radical (unpaired) electrons. The van der Waals surface area contributed by atoms with Crippen LogP contribution in [0.3, 0.4) is 0 Å². The largest absolute Gasteiger partial charge is 0.330 e. The third-order valence-corrected chi connectivity index (χ3v) is 5.06. The van der Waals surface area contributed by atoms with Gasteiger partial charge in [-0.3, -0.25) is 4.98 Å². The van der Waals surface area contributed by atoms with Crippen molar-refractivity contribution in [2.45, 2.75) is 38.5 Å². The summed E-state index contributed by atoms with van der Waals surface area (Å²) in [6.07, 6.45) is 7.07. The van der Waals surface area contributed by atoms with Crippen molar-refractivity contribution in [3.63, 3.8) is 0 Å². The average Bonchev–Trinajstić information content (AvgIpc) is 2.53. The number of pyridine rings is 1. The molecule has 2 aromatic rings. The first kappa shape index (κ1) is 13.6. The highest BCUT2D eigenvalue weighted by molar-refractivity contribution is 5.82.